The van der Waals surface area contributed by atoms with Gasteiger partial charge in [-0.1, -0.05) is 30.3 Å². The van der Waals surface area contributed by atoms with E-state index in [1.54, 1.807) is 36.4 Å². The van der Waals surface area contributed by atoms with Crippen LogP contribution in [-0.2, 0) is 0 Å². The third-order valence-corrected chi connectivity index (χ3v) is 2.93. The molecule has 0 radical (unpaired) electrons. The molecule has 0 bridgehead atoms. The average Bonchev–Trinajstić information content (AvgIpc) is 2.53. The van der Waals surface area contributed by atoms with Gasteiger partial charge in [-0.15, -0.1) is 0 Å². The summed E-state index contributed by atoms with van der Waals surface area (Å²) in [5, 5.41) is 0. The van der Waals surface area contributed by atoms with Gasteiger partial charge in [0.05, 0.1) is 11.0 Å². The van der Waals surface area contributed by atoms with Crippen LogP contribution in [0.1, 0.15) is 10.4 Å². The number of hydrogen-bond donors (Lipinski definition) is 3. The van der Waals surface area contributed by atoms with Crippen molar-refractivity contribution in [3.63, 3.8) is 0 Å². The van der Waals surface area contributed by atoms with E-state index in [1.807, 2.05) is 18.2 Å². The minimum Gasteiger partial charge on any atom is -0.317 e. The molecule has 0 spiro atoms. The van der Waals surface area contributed by atoms with E-state index in [4.69, 9.17) is 0 Å². The first-order chi connectivity index (χ1) is 10.2. The van der Waals surface area contributed by atoms with Crippen molar-refractivity contribution in [2.75, 3.05) is 5.43 Å². The highest BCUT2D eigenvalue weighted by Gasteiger charge is 2.07. The Balaban J connectivity index is 1.81. The summed E-state index contributed by atoms with van der Waals surface area (Å²) in [6.07, 6.45) is 0. The fraction of sp³-hybridized carbons (Fsp3) is 0. The number of para-hydroxylation sites is 2. The molecule has 2 aromatic carbocycles. The lowest BCUT2D eigenvalue weighted by Gasteiger charge is -2.07. The standard InChI is InChI=1S/C15H12N4O2/c20-14(10-6-2-1-3-7-10)19-18-13-15(21)17-12-9-5-4-8-11(12)16-13/h1-9H,(H,16,18)(H,17,21)(H,19,20). The van der Waals surface area contributed by atoms with Crippen molar-refractivity contribution in [1.29, 1.82) is 0 Å². The van der Waals surface area contributed by atoms with Gasteiger partial charge < -0.3 is 4.98 Å². The number of carbonyl (C=O) groups excluding carboxylic acids is 1. The van der Waals surface area contributed by atoms with Crippen molar-refractivity contribution < 1.29 is 4.79 Å². The second kappa shape index (κ2) is 5.46. The van der Waals surface area contributed by atoms with Crippen molar-refractivity contribution in [2.24, 2.45) is 0 Å². The molecule has 0 unspecified atom stereocenters. The van der Waals surface area contributed by atoms with Gasteiger partial charge in [-0.05, 0) is 24.3 Å². The molecule has 1 heterocycles. The number of anilines is 1. The summed E-state index contributed by atoms with van der Waals surface area (Å²) in [5.41, 5.74) is 6.36. The maximum atomic E-state index is 11.9. The third kappa shape index (κ3) is 2.74. The number of H-pyrrole nitrogens is 1. The van der Waals surface area contributed by atoms with E-state index < -0.39 is 5.56 Å². The molecule has 6 heteroatoms. The van der Waals surface area contributed by atoms with Crippen LogP contribution in [0.15, 0.2) is 59.4 Å². The number of benzene rings is 2. The van der Waals surface area contributed by atoms with Crippen molar-refractivity contribution >= 4 is 22.8 Å². The van der Waals surface area contributed by atoms with E-state index in [9.17, 15) is 9.59 Å². The molecule has 3 rings (SSSR count). The second-order valence-electron chi connectivity index (χ2n) is 4.38. The number of aromatic amines is 1. The van der Waals surface area contributed by atoms with Crippen molar-refractivity contribution in [2.45, 2.75) is 0 Å². The molecule has 21 heavy (non-hydrogen) atoms. The molecule has 3 N–H and O–H groups in total. The van der Waals surface area contributed by atoms with Crippen LogP contribution in [0.25, 0.3) is 11.0 Å². The molecular weight excluding hydrogens is 268 g/mol. The number of rotatable bonds is 3. The lowest BCUT2D eigenvalue weighted by Crippen LogP contribution is -2.32. The Hall–Kier alpha value is -3.15. The lowest BCUT2D eigenvalue weighted by molar-refractivity contribution is 0.0962. The first kappa shape index (κ1) is 12.9. The fourth-order valence-corrected chi connectivity index (χ4v) is 1.89. The number of nitrogens with one attached hydrogen (secondary N) is 3. The van der Waals surface area contributed by atoms with Crippen LogP contribution >= 0.6 is 0 Å². The smallest absolute Gasteiger partial charge is 0.292 e. The summed E-state index contributed by atoms with van der Waals surface area (Å²) in [7, 11) is 0. The van der Waals surface area contributed by atoms with Gasteiger partial charge >= 0.3 is 0 Å². The third-order valence-electron chi connectivity index (χ3n) is 2.93. The van der Waals surface area contributed by atoms with Crippen molar-refractivity contribution in [1.82, 2.24) is 15.4 Å². The molecule has 1 aromatic heterocycles. The van der Waals surface area contributed by atoms with Crippen LogP contribution in [0.3, 0.4) is 0 Å². The Kier molecular flexibility index (Phi) is 3.34. The highest BCUT2D eigenvalue weighted by atomic mass is 16.2. The van der Waals surface area contributed by atoms with Crippen LogP contribution in [0.4, 0.5) is 5.82 Å². The minimum absolute atomic E-state index is 0.0398. The van der Waals surface area contributed by atoms with E-state index in [0.717, 1.165) is 0 Å². The summed E-state index contributed by atoms with van der Waals surface area (Å²) in [6.45, 7) is 0. The van der Waals surface area contributed by atoms with Gasteiger partial charge in [-0.25, -0.2) is 4.98 Å². The zero-order valence-electron chi connectivity index (χ0n) is 11.0. The van der Waals surface area contributed by atoms with Crippen LogP contribution in [0.2, 0.25) is 0 Å². The van der Waals surface area contributed by atoms with E-state index in [2.05, 4.69) is 20.8 Å². The molecule has 0 fully saturated rings. The lowest BCUT2D eigenvalue weighted by atomic mass is 10.2. The van der Waals surface area contributed by atoms with Gasteiger partial charge in [0.1, 0.15) is 0 Å². The number of hydrogen-bond acceptors (Lipinski definition) is 4. The van der Waals surface area contributed by atoms with Crippen LogP contribution in [0.5, 0.6) is 0 Å². The Labute approximate surface area is 119 Å². The number of fused-ring (bicyclic) bond motifs is 1. The molecule has 0 atom stereocenters. The largest absolute Gasteiger partial charge is 0.317 e. The predicted octanol–water partition coefficient (Wildman–Crippen LogP) is 1.68. The Morgan fingerprint density at radius 1 is 1.00 bits per heavy atom. The van der Waals surface area contributed by atoms with E-state index >= 15 is 0 Å². The molecule has 104 valence electrons. The Morgan fingerprint density at radius 3 is 2.52 bits per heavy atom. The first-order valence-electron chi connectivity index (χ1n) is 6.34. The monoisotopic (exact) mass is 280 g/mol. The zero-order chi connectivity index (χ0) is 14.7. The van der Waals surface area contributed by atoms with Crippen molar-refractivity contribution in [3.05, 3.63) is 70.5 Å². The number of aromatic nitrogens is 2. The normalized spacial score (nSPS) is 10.3. The Morgan fingerprint density at radius 2 is 1.71 bits per heavy atom. The molecule has 3 aromatic rings. The number of amides is 1. The predicted molar refractivity (Wildman–Crippen MR) is 79.9 cm³/mol. The van der Waals surface area contributed by atoms with Crippen LogP contribution in [0, 0.1) is 0 Å². The highest BCUT2D eigenvalue weighted by Crippen LogP contribution is 2.07. The summed E-state index contributed by atoms with van der Waals surface area (Å²) in [4.78, 5) is 30.6. The SMILES string of the molecule is O=C(NNc1nc2ccccc2[nH]c1=O)c1ccccc1. The van der Waals surface area contributed by atoms with Gasteiger partial charge in [-0.2, -0.15) is 0 Å². The van der Waals surface area contributed by atoms with Gasteiger partial charge in [0.2, 0.25) is 5.82 Å². The average molecular weight is 280 g/mol. The maximum Gasteiger partial charge on any atom is 0.292 e. The van der Waals surface area contributed by atoms with Gasteiger partial charge in [-0.3, -0.25) is 20.4 Å². The maximum absolute atomic E-state index is 11.9. The molecular formula is C15H12N4O2. The van der Waals surface area contributed by atoms with Crippen LogP contribution in [-0.4, -0.2) is 15.9 Å². The van der Waals surface area contributed by atoms with Gasteiger partial charge in [0.25, 0.3) is 11.5 Å². The minimum atomic E-state index is -0.401. The summed E-state index contributed by atoms with van der Waals surface area (Å²) < 4.78 is 0. The highest BCUT2D eigenvalue weighted by molar-refractivity contribution is 5.94. The number of carbonyl (C=O) groups is 1. The van der Waals surface area contributed by atoms with Gasteiger partial charge in [0.15, 0.2) is 0 Å². The first-order valence-corrected chi connectivity index (χ1v) is 6.34. The van der Waals surface area contributed by atoms with E-state index in [-0.39, 0.29) is 11.7 Å². The molecule has 1 amide bonds. The van der Waals surface area contributed by atoms with Crippen molar-refractivity contribution in [3.8, 4) is 0 Å². The zero-order valence-corrected chi connectivity index (χ0v) is 11.0. The van der Waals surface area contributed by atoms with E-state index in [0.29, 0.717) is 16.6 Å². The fourth-order valence-electron chi connectivity index (χ4n) is 1.89. The molecule has 0 saturated heterocycles. The number of hydrazine groups is 1. The van der Waals surface area contributed by atoms with Crippen LogP contribution < -0.4 is 16.4 Å². The molecule has 0 aliphatic heterocycles. The number of nitrogens with zero attached hydrogens (tertiary/aromatic N) is 1. The summed E-state index contributed by atoms with van der Waals surface area (Å²) >= 11 is 0. The Bertz CT molecular complexity index is 843. The topological polar surface area (TPSA) is 86.9 Å². The summed E-state index contributed by atoms with van der Waals surface area (Å²) in [6, 6.07) is 15.9. The molecule has 0 saturated carbocycles. The summed E-state index contributed by atoms with van der Waals surface area (Å²) in [5.74, 6) is -0.303. The van der Waals surface area contributed by atoms with Gasteiger partial charge in [0, 0.05) is 5.56 Å². The van der Waals surface area contributed by atoms with E-state index in [1.165, 1.54) is 0 Å². The molecule has 0 aliphatic carbocycles. The second-order valence-corrected chi connectivity index (χ2v) is 4.38. The molecule has 0 aliphatic rings. The molecule has 6 nitrogen and oxygen atoms in total. The quantitative estimate of drug-likeness (QED) is 0.637.